The summed E-state index contributed by atoms with van der Waals surface area (Å²) in [6.45, 7) is 5.21. The first-order valence-corrected chi connectivity index (χ1v) is 8.87. The number of nitro groups is 1. The molecule has 0 radical (unpaired) electrons. The quantitative estimate of drug-likeness (QED) is 0.417. The van der Waals surface area contributed by atoms with Gasteiger partial charge in [0.05, 0.1) is 35.7 Å². The Labute approximate surface area is 167 Å². The number of halogens is 1. The number of nitrogens with zero attached hydrogens (tertiary/aromatic N) is 2. The van der Waals surface area contributed by atoms with E-state index in [0.717, 1.165) is 0 Å². The maximum Gasteiger partial charge on any atom is 0.336 e. The van der Waals surface area contributed by atoms with Crippen LogP contribution in [0.1, 0.15) is 32.3 Å². The van der Waals surface area contributed by atoms with Crippen molar-refractivity contribution in [2.75, 3.05) is 20.8 Å². The number of allylic oxidation sites excluding steroid dienone is 2. The zero-order valence-corrected chi connectivity index (χ0v) is 17.0. The van der Waals surface area contributed by atoms with Crippen molar-refractivity contribution in [3.63, 3.8) is 0 Å². The summed E-state index contributed by atoms with van der Waals surface area (Å²) in [5, 5.41) is 11.4. The number of ether oxygens (including phenoxy) is 2. The lowest BCUT2D eigenvalue weighted by Gasteiger charge is -2.35. The van der Waals surface area contributed by atoms with Gasteiger partial charge in [-0.25, -0.2) is 9.59 Å². The second-order valence-corrected chi connectivity index (χ2v) is 6.57. The first kappa shape index (κ1) is 21.4. The van der Waals surface area contributed by atoms with Crippen molar-refractivity contribution in [3.05, 3.63) is 61.4 Å². The number of carbonyl (C=O) groups is 2. The van der Waals surface area contributed by atoms with E-state index in [4.69, 9.17) is 21.1 Å². The van der Waals surface area contributed by atoms with Crippen molar-refractivity contribution in [3.8, 4) is 0 Å². The van der Waals surface area contributed by atoms with Crippen molar-refractivity contribution in [2.45, 2.75) is 26.7 Å². The normalized spacial score (nSPS) is 16.9. The van der Waals surface area contributed by atoms with E-state index >= 15 is 0 Å². The van der Waals surface area contributed by atoms with Crippen LogP contribution < -0.4 is 0 Å². The van der Waals surface area contributed by atoms with Gasteiger partial charge < -0.3 is 14.4 Å². The zero-order chi connectivity index (χ0) is 21.2. The molecule has 0 aromatic heterocycles. The van der Waals surface area contributed by atoms with Gasteiger partial charge in [0, 0.05) is 35.6 Å². The van der Waals surface area contributed by atoms with Crippen molar-refractivity contribution in [2.24, 2.45) is 0 Å². The molecule has 0 saturated heterocycles. The number of esters is 2. The Morgan fingerprint density at radius 3 is 2.29 bits per heavy atom. The Morgan fingerprint density at radius 1 is 1.21 bits per heavy atom. The van der Waals surface area contributed by atoms with Gasteiger partial charge in [0.1, 0.15) is 0 Å². The van der Waals surface area contributed by atoms with Crippen LogP contribution in [-0.4, -0.2) is 42.5 Å². The molecule has 0 amide bonds. The smallest absolute Gasteiger partial charge is 0.336 e. The molecule has 1 aromatic carbocycles. The minimum atomic E-state index is -0.963. The largest absolute Gasteiger partial charge is 0.466 e. The second-order valence-electron chi connectivity index (χ2n) is 6.17. The predicted molar refractivity (Wildman–Crippen MR) is 103 cm³/mol. The molecule has 8 nitrogen and oxygen atoms in total. The van der Waals surface area contributed by atoms with Gasteiger partial charge >= 0.3 is 11.9 Å². The van der Waals surface area contributed by atoms with E-state index in [1.165, 1.54) is 25.3 Å². The van der Waals surface area contributed by atoms with Crippen LogP contribution in [0.3, 0.4) is 0 Å². The topological polar surface area (TPSA) is 99.0 Å². The average molecular weight is 409 g/mol. The molecular formula is C19H21ClN2O6. The maximum atomic E-state index is 12.8. The zero-order valence-electron chi connectivity index (χ0n) is 16.2. The van der Waals surface area contributed by atoms with Crippen molar-refractivity contribution >= 4 is 29.2 Å². The molecule has 0 saturated carbocycles. The summed E-state index contributed by atoms with van der Waals surface area (Å²) in [7, 11) is 2.93. The number of carbonyl (C=O) groups excluding carboxylic acids is 2. The van der Waals surface area contributed by atoms with Crippen molar-refractivity contribution in [1.82, 2.24) is 4.90 Å². The summed E-state index contributed by atoms with van der Waals surface area (Å²) in [4.78, 5) is 37.8. The molecule has 1 aliphatic heterocycles. The SMILES string of the molecule is CCOC(=O)C1=C(C)N(C)C(C)=C(C(=O)OC)C1c1cc([N+](=O)[O-])ccc1Cl. The van der Waals surface area contributed by atoms with E-state index in [0.29, 0.717) is 11.4 Å². The lowest BCUT2D eigenvalue weighted by molar-refractivity contribution is -0.384. The van der Waals surface area contributed by atoms with Gasteiger partial charge in [-0.1, -0.05) is 11.6 Å². The van der Waals surface area contributed by atoms with E-state index in [-0.39, 0.29) is 34.0 Å². The average Bonchev–Trinajstić information content (AvgIpc) is 2.65. The lowest BCUT2D eigenvalue weighted by atomic mass is 9.79. The Kier molecular flexibility index (Phi) is 6.45. The number of benzene rings is 1. The molecule has 0 spiro atoms. The number of methoxy groups -OCH3 is 1. The van der Waals surface area contributed by atoms with Gasteiger partial charge in [-0.3, -0.25) is 10.1 Å². The van der Waals surface area contributed by atoms with Crippen molar-refractivity contribution in [1.29, 1.82) is 0 Å². The van der Waals surface area contributed by atoms with Crippen molar-refractivity contribution < 1.29 is 24.0 Å². The standard InChI is InChI=1S/C19H21ClN2O6/c1-6-28-19(24)16-11(3)21(4)10(2)15(18(23)27-5)17(16)13-9-12(22(25)26)7-8-14(13)20/h7-9,17H,6H2,1-5H3. The fourth-order valence-corrected chi connectivity index (χ4v) is 3.43. The van der Waals surface area contributed by atoms with E-state index < -0.39 is 22.8 Å². The number of hydrogen-bond acceptors (Lipinski definition) is 7. The fourth-order valence-electron chi connectivity index (χ4n) is 3.20. The first-order chi connectivity index (χ1) is 13.1. The summed E-state index contributed by atoms with van der Waals surface area (Å²) in [6.07, 6.45) is 0. The highest BCUT2D eigenvalue weighted by Gasteiger charge is 2.40. The summed E-state index contributed by atoms with van der Waals surface area (Å²) in [5.74, 6) is -2.25. The lowest BCUT2D eigenvalue weighted by Crippen LogP contribution is -2.33. The van der Waals surface area contributed by atoms with Gasteiger partial charge in [-0.15, -0.1) is 0 Å². The Balaban J connectivity index is 2.85. The monoisotopic (exact) mass is 408 g/mol. The number of rotatable bonds is 5. The molecule has 0 N–H and O–H groups in total. The molecule has 28 heavy (non-hydrogen) atoms. The molecule has 1 heterocycles. The molecule has 9 heteroatoms. The van der Waals surface area contributed by atoms with E-state index in [2.05, 4.69) is 0 Å². The second kappa shape index (κ2) is 8.43. The Morgan fingerprint density at radius 2 is 1.79 bits per heavy atom. The Hall–Kier alpha value is -2.87. The van der Waals surface area contributed by atoms with Crippen LogP contribution in [0.25, 0.3) is 0 Å². The highest BCUT2D eigenvalue weighted by molar-refractivity contribution is 6.31. The fraction of sp³-hybridized carbons (Fsp3) is 0.368. The molecule has 0 fully saturated rings. The van der Waals surface area contributed by atoms with Crippen LogP contribution in [0.4, 0.5) is 5.69 Å². The van der Waals surface area contributed by atoms with Gasteiger partial charge in [0.2, 0.25) is 0 Å². The highest BCUT2D eigenvalue weighted by Crippen LogP contribution is 2.45. The van der Waals surface area contributed by atoms with Crippen LogP contribution in [0.5, 0.6) is 0 Å². The predicted octanol–water partition coefficient (Wildman–Crippen LogP) is 3.56. The molecule has 0 bridgehead atoms. The molecular weight excluding hydrogens is 388 g/mol. The number of hydrogen-bond donors (Lipinski definition) is 0. The van der Waals surface area contributed by atoms with Gasteiger partial charge in [0.25, 0.3) is 5.69 Å². The van der Waals surface area contributed by atoms with Crippen LogP contribution in [0.2, 0.25) is 5.02 Å². The Bertz CT molecular complexity index is 906. The van der Waals surface area contributed by atoms with Crippen LogP contribution in [-0.2, 0) is 19.1 Å². The minimum absolute atomic E-state index is 0.130. The van der Waals surface area contributed by atoms with Crippen LogP contribution in [0, 0.1) is 10.1 Å². The summed E-state index contributed by atoms with van der Waals surface area (Å²) >= 11 is 6.34. The molecule has 0 aliphatic carbocycles. The first-order valence-electron chi connectivity index (χ1n) is 8.50. The summed E-state index contributed by atoms with van der Waals surface area (Å²) in [6, 6.07) is 3.90. The third kappa shape index (κ3) is 3.73. The van der Waals surface area contributed by atoms with E-state index in [1.54, 1.807) is 32.7 Å². The minimum Gasteiger partial charge on any atom is -0.466 e. The molecule has 1 aromatic rings. The van der Waals surface area contributed by atoms with Gasteiger partial charge in [-0.05, 0) is 32.4 Å². The third-order valence-corrected chi connectivity index (χ3v) is 5.11. The molecule has 150 valence electrons. The summed E-state index contributed by atoms with van der Waals surface area (Å²) in [5.41, 5.74) is 1.49. The molecule has 2 rings (SSSR count). The number of nitro benzene ring substituents is 1. The molecule has 1 unspecified atom stereocenters. The highest BCUT2D eigenvalue weighted by atomic mass is 35.5. The van der Waals surface area contributed by atoms with E-state index in [9.17, 15) is 19.7 Å². The van der Waals surface area contributed by atoms with Crippen LogP contribution >= 0.6 is 11.6 Å². The van der Waals surface area contributed by atoms with Gasteiger partial charge in [0.15, 0.2) is 0 Å². The molecule has 1 aliphatic rings. The maximum absolute atomic E-state index is 12.8. The van der Waals surface area contributed by atoms with E-state index in [1.807, 2.05) is 0 Å². The third-order valence-electron chi connectivity index (χ3n) is 4.77. The summed E-state index contributed by atoms with van der Waals surface area (Å²) < 4.78 is 10.1. The number of non-ortho nitro benzene ring substituents is 1. The molecule has 1 atom stereocenters. The van der Waals surface area contributed by atoms with Crippen LogP contribution in [0.15, 0.2) is 40.7 Å². The van der Waals surface area contributed by atoms with Gasteiger partial charge in [-0.2, -0.15) is 0 Å².